The van der Waals surface area contributed by atoms with Crippen molar-refractivity contribution in [2.24, 2.45) is 0 Å². The molecule has 1 fully saturated rings. The minimum Gasteiger partial charge on any atom is -0.388 e. The monoisotopic (exact) mass is 337 g/mol. The molecule has 0 saturated carbocycles. The summed E-state index contributed by atoms with van der Waals surface area (Å²) >= 11 is 0. The lowest BCUT2D eigenvalue weighted by Gasteiger charge is -2.33. The van der Waals surface area contributed by atoms with Gasteiger partial charge in [0, 0.05) is 25.2 Å². The van der Waals surface area contributed by atoms with Crippen LogP contribution in [0.3, 0.4) is 0 Å². The van der Waals surface area contributed by atoms with Gasteiger partial charge in [0.15, 0.2) is 0 Å². The fourth-order valence-electron chi connectivity index (χ4n) is 3.19. The Labute approximate surface area is 143 Å². The van der Waals surface area contributed by atoms with Crippen molar-refractivity contribution in [3.05, 3.63) is 35.1 Å². The number of nitrogens with zero attached hydrogens (tertiary/aromatic N) is 2. The number of likely N-dealkylation sites (tertiary alicyclic amines) is 1. The minimum atomic E-state index is -0.923. The Balaban J connectivity index is 1.95. The average Bonchev–Trinajstić information content (AvgIpc) is 2.96. The SMILES string of the molecule is CN(C)Cc1ccc(CNC(=O)N2CCC[C@@H]2C(C)(C)O)cc1F. The molecule has 0 unspecified atom stereocenters. The van der Waals surface area contributed by atoms with Crippen molar-refractivity contribution in [2.75, 3.05) is 20.6 Å². The van der Waals surface area contributed by atoms with E-state index in [1.165, 1.54) is 6.07 Å². The lowest BCUT2D eigenvalue weighted by Crippen LogP contribution is -2.51. The van der Waals surface area contributed by atoms with E-state index in [0.717, 1.165) is 18.4 Å². The maximum atomic E-state index is 14.1. The van der Waals surface area contributed by atoms with Crippen LogP contribution in [0.2, 0.25) is 0 Å². The second-order valence-electron chi connectivity index (χ2n) is 7.33. The highest BCUT2D eigenvalue weighted by atomic mass is 19.1. The quantitative estimate of drug-likeness (QED) is 0.867. The lowest BCUT2D eigenvalue weighted by atomic mass is 9.97. The van der Waals surface area contributed by atoms with Gasteiger partial charge in [0.25, 0.3) is 0 Å². The van der Waals surface area contributed by atoms with Gasteiger partial charge in [-0.3, -0.25) is 0 Å². The first kappa shape index (κ1) is 18.7. The third-order valence-corrected chi connectivity index (χ3v) is 4.38. The zero-order valence-corrected chi connectivity index (χ0v) is 15.0. The molecular formula is C18H28FN3O2. The number of hydrogen-bond acceptors (Lipinski definition) is 3. The van der Waals surface area contributed by atoms with Gasteiger partial charge in [-0.25, -0.2) is 9.18 Å². The highest BCUT2D eigenvalue weighted by Gasteiger charge is 2.38. The Morgan fingerprint density at radius 2 is 2.17 bits per heavy atom. The molecule has 1 atom stereocenters. The van der Waals surface area contributed by atoms with E-state index in [1.807, 2.05) is 25.1 Å². The zero-order chi connectivity index (χ0) is 17.9. The predicted molar refractivity (Wildman–Crippen MR) is 92.1 cm³/mol. The van der Waals surface area contributed by atoms with E-state index in [0.29, 0.717) is 18.7 Å². The Kier molecular flexibility index (Phi) is 5.83. The molecule has 1 aromatic carbocycles. The van der Waals surface area contributed by atoms with Gasteiger partial charge in [0.05, 0.1) is 11.6 Å². The van der Waals surface area contributed by atoms with Crippen LogP contribution in [0.5, 0.6) is 0 Å². The van der Waals surface area contributed by atoms with Crippen LogP contribution < -0.4 is 5.32 Å². The highest BCUT2D eigenvalue weighted by molar-refractivity contribution is 5.75. The molecule has 1 aliphatic rings. The van der Waals surface area contributed by atoms with E-state index >= 15 is 0 Å². The number of aliphatic hydroxyl groups is 1. The predicted octanol–water partition coefficient (Wildman–Crippen LogP) is 2.33. The Morgan fingerprint density at radius 1 is 1.46 bits per heavy atom. The highest BCUT2D eigenvalue weighted by Crippen LogP contribution is 2.26. The number of urea groups is 1. The van der Waals surface area contributed by atoms with Crippen LogP contribution in [-0.4, -0.2) is 53.2 Å². The van der Waals surface area contributed by atoms with Gasteiger partial charge in [-0.05, 0) is 52.4 Å². The molecular weight excluding hydrogens is 309 g/mol. The van der Waals surface area contributed by atoms with Crippen LogP contribution in [0.4, 0.5) is 9.18 Å². The van der Waals surface area contributed by atoms with E-state index < -0.39 is 5.60 Å². The van der Waals surface area contributed by atoms with E-state index in [-0.39, 0.29) is 24.4 Å². The smallest absolute Gasteiger partial charge is 0.318 e. The second-order valence-corrected chi connectivity index (χ2v) is 7.33. The summed E-state index contributed by atoms with van der Waals surface area (Å²) in [6, 6.07) is 4.66. The number of nitrogens with one attached hydrogen (secondary N) is 1. The maximum absolute atomic E-state index is 14.1. The third kappa shape index (κ3) is 4.68. The molecule has 2 N–H and O–H groups in total. The van der Waals surface area contributed by atoms with Crippen LogP contribution in [0.1, 0.15) is 37.8 Å². The van der Waals surface area contributed by atoms with E-state index in [2.05, 4.69) is 5.32 Å². The summed E-state index contributed by atoms with van der Waals surface area (Å²) in [6.45, 7) is 4.90. The molecule has 1 aliphatic heterocycles. The van der Waals surface area contributed by atoms with Gasteiger partial charge >= 0.3 is 6.03 Å². The standard InChI is InChI=1S/C18H28FN3O2/c1-18(2,24)16-6-5-9-22(16)17(23)20-11-13-7-8-14(12-21(3)4)15(19)10-13/h7-8,10,16,24H,5-6,9,11-12H2,1-4H3,(H,20,23)/t16-/m1/s1. The molecule has 134 valence electrons. The fourth-order valence-corrected chi connectivity index (χ4v) is 3.19. The van der Waals surface area contributed by atoms with E-state index in [4.69, 9.17) is 0 Å². The molecule has 6 heteroatoms. The van der Waals surface area contributed by atoms with Gasteiger partial charge in [-0.2, -0.15) is 0 Å². The summed E-state index contributed by atoms with van der Waals surface area (Å²) in [5, 5.41) is 13.0. The molecule has 2 amide bonds. The van der Waals surface area contributed by atoms with Crippen LogP contribution in [0.15, 0.2) is 18.2 Å². The summed E-state index contributed by atoms with van der Waals surface area (Å²) in [6.07, 6.45) is 1.68. The van der Waals surface area contributed by atoms with Crippen molar-refractivity contribution < 1.29 is 14.3 Å². The van der Waals surface area contributed by atoms with Gasteiger partial charge in [-0.1, -0.05) is 12.1 Å². The molecule has 0 radical (unpaired) electrons. The molecule has 1 aromatic rings. The molecule has 0 aliphatic carbocycles. The summed E-state index contributed by atoms with van der Waals surface area (Å²) < 4.78 is 14.1. The number of hydrogen-bond donors (Lipinski definition) is 2. The lowest BCUT2D eigenvalue weighted by molar-refractivity contribution is 0.00979. The first-order valence-corrected chi connectivity index (χ1v) is 8.37. The van der Waals surface area contributed by atoms with Gasteiger partial charge in [0.2, 0.25) is 0 Å². The van der Waals surface area contributed by atoms with Crippen molar-refractivity contribution in [3.63, 3.8) is 0 Å². The zero-order valence-electron chi connectivity index (χ0n) is 15.0. The molecule has 0 bridgehead atoms. The molecule has 2 rings (SSSR count). The van der Waals surface area contributed by atoms with Crippen LogP contribution in [0, 0.1) is 5.82 Å². The largest absolute Gasteiger partial charge is 0.388 e. The van der Waals surface area contributed by atoms with Crippen molar-refractivity contribution in [1.82, 2.24) is 15.1 Å². The molecule has 5 nitrogen and oxygen atoms in total. The number of carbonyl (C=O) groups is 1. The number of benzene rings is 1. The van der Waals surface area contributed by atoms with Crippen LogP contribution in [0.25, 0.3) is 0 Å². The number of rotatable bonds is 5. The average molecular weight is 337 g/mol. The summed E-state index contributed by atoms with van der Waals surface area (Å²) in [5.41, 5.74) is 0.437. The Hall–Kier alpha value is -1.66. The van der Waals surface area contributed by atoms with Crippen molar-refractivity contribution >= 4 is 6.03 Å². The van der Waals surface area contributed by atoms with E-state index in [1.54, 1.807) is 24.8 Å². The third-order valence-electron chi connectivity index (χ3n) is 4.38. The van der Waals surface area contributed by atoms with Crippen LogP contribution in [-0.2, 0) is 13.1 Å². The fraction of sp³-hybridized carbons (Fsp3) is 0.611. The van der Waals surface area contributed by atoms with Crippen molar-refractivity contribution in [1.29, 1.82) is 0 Å². The Bertz CT molecular complexity index is 584. The van der Waals surface area contributed by atoms with Crippen molar-refractivity contribution in [2.45, 2.75) is 51.4 Å². The van der Waals surface area contributed by atoms with Gasteiger partial charge in [0.1, 0.15) is 5.82 Å². The van der Waals surface area contributed by atoms with Gasteiger partial charge in [-0.15, -0.1) is 0 Å². The Morgan fingerprint density at radius 3 is 2.75 bits per heavy atom. The van der Waals surface area contributed by atoms with Crippen molar-refractivity contribution in [3.8, 4) is 0 Å². The van der Waals surface area contributed by atoms with Crippen LogP contribution >= 0.6 is 0 Å². The molecule has 0 aromatic heterocycles. The van der Waals surface area contributed by atoms with E-state index in [9.17, 15) is 14.3 Å². The molecule has 1 heterocycles. The first-order chi connectivity index (χ1) is 11.2. The summed E-state index contributed by atoms with van der Waals surface area (Å²) in [5.74, 6) is -0.258. The number of amides is 2. The summed E-state index contributed by atoms with van der Waals surface area (Å²) in [7, 11) is 3.78. The summed E-state index contributed by atoms with van der Waals surface area (Å²) in [4.78, 5) is 16.0. The molecule has 1 saturated heterocycles. The maximum Gasteiger partial charge on any atom is 0.318 e. The number of carbonyl (C=O) groups excluding carboxylic acids is 1. The minimum absolute atomic E-state index is 0.184. The molecule has 0 spiro atoms. The normalized spacial score (nSPS) is 18.3. The first-order valence-electron chi connectivity index (χ1n) is 8.37. The number of halogens is 1. The molecule has 24 heavy (non-hydrogen) atoms. The van der Waals surface area contributed by atoms with Gasteiger partial charge < -0.3 is 20.2 Å². The topological polar surface area (TPSA) is 55.8 Å². The second kappa shape index (κ2) is 7.49.